The van der Waals surface area contributed by atoms with Gasteiger partial charge in [-0.1, -0.05) is 19.1 Å². The van der Waals surface area contributed by atoms with Gasteiger partial charge in [-0.05, 0) is 12.8 Å². The number of alkyl halides is 1. The fraction of sp³-hybridized carbons (Fsp3) is 0.692. The van der Waals surface area contributed by atoms with Crippen LogP contribution in [0.1, 0.15) is 39.0 Å². The number of ketones is 1. The Morgan fingerprint density at radius 2 is 2.29 bits per heavy atom. The van der Waals surface area contributed by atoms with Crippen LogP contribution in [0.5, 0.6) is 0 Å². The maximum Gasteiger partial charge on any atom is 0.305 e. The Labute approximate surface area is 101 Å². The molecular formula is C13H19FO3. The lowest BCUT2D eigenvalue weighted by Gasteiger charge is -2.23. The molecule has 0 N–H and O–H groups in total. The summed E-state index contributed by atoms with van der Waals surface area (Å²) < 4.78 is 19.1. The van der Waals surface area contributed by atoms with Gasteiger partial charge < -0.3 is 4.74 Å². The van der Waals surface area contributed by atoms with E-state index in [4.69, 9.17) is 0 Å². The Balaban J connectivity index is 2.72. The first-order valence-corrected chi connectivity index (χ1v) is 5.98. The third-order valence-corrected chi connectivity index (χ3v) is 3.29. The molecule has 96 valence electrons. The van der Waals surface area contributed by atoms with E-state index in [-0.39, 0.29) is 25.0 Å². The molecule has 0 radical (unpaired) electrons. The third kappa shape index (κ3) is 3.14. The zero-order valence-corrected chi connectivity index (χ0v) is 10.4. The first kappa shape index (κ1) is 13.9. The summed E-state index contributed by atoms with van der Waals surface area (Å²) in [5, 5.41) is 0. The van der Waals surface area contributed by atoms with Crippen LogP contribution in [0.15, 0.2) is 12.2 Å². The summed E-state index contributed by atoms with van der Waals surface area (Å²) in [6.07, 6.45) is 5.05. The highest BCUT2D eigenvalue weighted by molar-refractivity contribution is 5.90. The number of carbonyl (C=O) groups excluding carboxylic acids is 2. The molecule has 3 nitrogen and oxygen atoms in total. The maximum atomic E-state index is 14.6. The maximum absolute atomic E-state index is 14.6. The fourth-order valence-electron chi connectivity index (χ4n) is 2.22. The molecule has 0 aromatic rings. The number of Topliss-reactive ketones (excluding diaryl/α,β-unsaturated/α-hetero) is 1. The van der Waals surface area contributed by atoms with Crippen LogP contribution in [0.3, 0.4) is 0 Å². The number of hydrogen-bond acceptors (Lipinski definition) is 3. The zero-order valence-electron chi connectivity index (χ0n) is 10.4. The Hall–Kier alpha value is -1.19. The summed E-state index contributed by atoms with van der Waals surface area (Å²) in [7, 11) is 1.27. The number of esters is 1. The Morgan fingerprint density at radius 3 is 2.88 bits per heavy atom. The van der Waals surface area contributed by atoms with Crippen molar-refractivity contribution in [1.29, 1.82) is 0 Å². The van der Waals surface area contributed by atoms with Gasteiger partial charge in [0.05, 0.1) is 13.5 Å². The van der Waals surface area contributed by atoms with Crippen molar-refractivity contribution in [3.8, 4) is 0 Å². The van der Waals surface area contributed by atoms with Gasteiger partial charge in [-0.15, -0.1) is 0 Å². The van der Waals surface area contributed by atoms with E-state index in [0.29, 0.717) is 6.42 Å². The first-order chi connectivity index (χ1) is 8.04. The van der Waals surface area contributed by atoms with E-state index < -0.39 is 17.6 Å². The predicted octanol–water partition coefficient (Wildman–Crippen LogP) is 2.59. The van der Waals surface area contributed by atoms with Gasteiger partial charge in [-0.25, -0.2) is 4.39 Å². The average molecular weight is 242 g/mol. The lowest BCUT2D eigenvalue weighted by molar-refractivity contribution is -0.143. The molecule has 0 aromatic carbocycles. The molecule has 1 saturated carbocycles. The molecule has 2 atom stereocenters. The lowest BCUT2D eigenvalue weighted by Crippen LogP contribution is -2.36. The number of halogens is 1. The number of allylic oxidation sites excluding steroid dienone is 2. The summed E-state index contributed by atoms with van der Waals surface area (Å²) in [6.45, 7) is 1.95. The number of ether oxygens (including phenoxy) is 1. The van der Waals surface area contributed by atoms with E-state index in [1.54, 1.807) is 6.08 Å². The average Bonchev–Trinajstić information content (AvgIpc) is 2.58. The van der Waals surface area contributed by atoms with Gasteiger partial charge >= 0.3 is 5.97 Å². The van der Waals surface area contributed by atoms with E-state index in [1.807, 2.05) is 13.0 Å². The largest absolute Gasteiger partial charge is 0.469 e. The SMILES string of the molecule is CC/C=C\C[C@]1(F)C(=O)CC[C@@H]1CC(=O)OC. The topological polar surface area (TPSA) is 43.4 Å². The smallest absolute Gasteiger partial charge is 0.305 e. The Kier molecular flexibility index (Phi) is 4.85. The molecule has 0 unspecified atom stereocenters. The standard InChI is InChI=1S/C13H19FO3/c1-3-4-5-8-13(14)10(6-7-11(13)15)9-12(16)17-2/h4-5,10H,3,6-9H2,1-2H3/b5-4-/t10-,13-/m1/s1. The highest BCUT2D eigenvalue weighted by atomic mass is 19.1. The van der Waals surface area contributed by atoms with Gasteiger partial charge in [0.1, 0.15) is 0 Å². The quantitative estimate of drug-likeness (QED) is 0.549. The van der Waals surface area contributed by atoms with Crippen LogP contribution in [0.4, 0.5) is 4.39 Å². The van der Waals surface area contributed by atoms with Crippen LogP contribution in [-0.2, 0) is 14.3 Å². The van der Waals surface area contributed by atoms with Crippen molar-refractivity contribution in [2.24, 2.45) is 5.92 Å². The normalized spacial score (nSPS) is 28.9. The van der Waals surface area contributed by atoms with Crippen LogP contribution in [-0.4, -0.2) is 24.5 Å². The summed E-state index contributed by atoms with van der Waals surface area (Å²) in [4.78, 5) is 22.8. The molecule has 17 heavy (non-hydrogen) atoms. The van der Waals surface area contributed by atoms with Crippen molar-refractivity contribution in [2.75, 3.05) is 7.11 Å². The van der Waals surface area contributed by atoms with E-state index in [1.165, 1.54) is 7.11 Å². The second-order valence-electron chi connectivity index (χ2n) is 4.39. The fourth-order valence-corrected chi connectivity index (χ4v) is 2.22. The number of hydrogen-bond donors (Lipinski definition) is 0. The molecule has 1 aliphatic rings. The molecule has 1 rings (SSSR count). The molecular weight excluding hydrogens is 223 g/mol. The van der Waals surface area contributed by atoms with Gasteiger partial charge in [0.25, 0.3) is 0 Å². The molecule has 0 aromatic heterocycles. The van der Waals surface area contributed by atoms with Crippen LogP contribution < -0.4 is 0 Å². The number of carbonyl (C=O) groups is 2. The Morgan fingerprint density at radius 1 is 1.59 bits per heavy atom. The van der Waals surface area contributed by atoms with Crippen molar-refractivity contribution >= 4 is 11.8 Å². The summed E-state index contributed by atoms with van der Waals surface area (Å²) in [5.41, 5.74) is -1.88. The van der Waals surface area contributed by atoms with Gasteiger partial charge in [0, 0.05) is 18.8 Å². The van der Waals surface area contributed by atoms with E-state index >= 15 is 0 Å². The number of rotatable bonds is 5. The van der Waals surface area contributed by atoms with Crippen LogP contribution in [0.25, 0.3) is 0 Å². The van der Waals surface area contributed by atoms with Crippen molar-refractivity contribution in [2.45, 2.75) is 44.7 Å². The minimum Gasteiger partial charge on any atom is -0.469 e. The van der Waals surface area contributed by atoms with Crippen molar-refractivity contribution in [1.82, 2.24) is 0 Å². The molecule has 0 amide bonds. The molecule has 1 fully saturated rings. The second-order valence-corrected chi connectivity index (χ2v) is 4.39. The Bertz CT molecular complexity index is 325. The van der Waals surface area contributed by atoms with Gasteiger partial charge in [0.2, 0.25) is 0 Å². The summed E-state index contributed by atoms with van der Waals surface area (Å²) in [6, 6.07) is 0. The second kappa shape index (κ2) is 5.94. The highest BCUT2D eigenvalue weighted by Crippen LogP contribution is 2.41. The van der Waals surface area contributed by atoms with Gasteiger partial charge in [-0.3, -0.25) is 9.59 Å². The molecule has 0 saturated heterocycles. The summed E-state index contributed by atoms with van der Waals surface area (Å²) in [5.74, 6) is -1.37. The van der Waals surface area contributed by atoms with Crippen molar-refractivity contribution in [3.63, 3.8) is 0 Å². The monoisotopic (exact) mass is 242 g/mol. The zero-order chi connectivity index (χ0) is 12.9. The van der Waals surface area contributed by atoms with E-state index in [9.17, 15) is 14.0 Å². The van der Waals surface area contributed by atoms with Crippen LogP contribution >= 0.6 is 0 Å². The molecule has 4 heteroatoms. The van der Waals surface area contributed by atoms with Gasteiger partial charge in [-0.2, -0.15) is 0 Å². The summed E-state index contributed by atoms with van der Waals surface area (Å²) >= 11 is 0. The minimum atomic E-state index is -1.88. The molecule has 0 bridgehead atoms. The number of methoxy groups -OCH3 is 1. The van der Waals surface area contributed by atoms with Crippen LogP contribution in [0.2, 0.25) is 0 Å². The third-order valence-electron chi connectivity index (χ3n) is 3.29. The molecule has 0 aliphatic heterocycles. The first-order valence-electron chi connectivity index (χ1n) is 5.98. The molecule has 0 spiro atoms. The van der Waals surface area contributed by atoms with Crippen LogP contribution in [0, 0.1) is 5.92 Å². The molecule has 0 heterocycles. The van der Waals surface area contributed by atoms with Crippen molar-refractivity contribution in [3.05, 3.63) is 12.2 Å². The van der Waals surface area contributed by atoms with E-state index in [2.05, 4.69) is 4.74 Å². The van der Waals surface area contributed by atoms with E-state index in [0.717, 1.165) is 6.42 Å². The lowest BCUT2D eigenvalue weighted by atomic mass is 9.86. The van der Waals surface area contributed by atoms with Gasteiger partial charge in [0.15, 0.2) is 11.5 Å². The molecule has 1 aliphatic carbocycles. The predicted molar refractivity (Wildman–Crippen MR) is 62.3 cm³/mol. The van der Waals surface area contributed by atoms with Crippen molar-refractivity contribution < 1.29 is 18.7 Å². The minimum absolute atomic E-state index is 0.0152. The highest BCUT2D eigenvalue weighted by Gasteiger charge is 2.50.